The standard InChI is InChI=1S/C9H18N4S/c1-9(2,3)6-13(4)5-7-11-12-8(10)14-7/h5-6H2,1-4H3,(H2,10,12). The molecule has 0 unspecified atom stereocenters. The van der Waals surface area contributed by atoms with Crippen molar-refractivity contribution in [3.63, 3.8) is 0 Å². The highest BCUT2D eigenvalue weighted by Gasteiger charge is 2.14. The zero-order valence-electron chi connectivity index (χ0n) is 9.24. The van der Waals surface area contributed by atoms with Gasteiger partial charge in [0.15, 0.2) is 0 Å². The summed E-state index contributed by atoms with van der Waals surface area (Å²) in [7, 11) is 2.09. The molecule has 0 spiro atoms. The second-order valence-corrected chi connectivity index (χ2v) is 5.86. The van der Waals surface area contributed by atoms with E-state index in [1.165, 1.54) is 11.3 Å². The Bertz CT molecular complexity index is 289. The van der Waals surface area contributed by atoms with Gasteiger partial charge in [-0.2, -0.15) is 0 Å². The largest absolute Gasteiger partial charge is 0.374 e. The van der Waals surface area contributed by atoms with Crippen LogP contribution in [-0.4, -0.2) is 28.7 Å². The van der Waals surface area contributed by atoms with Crippen molar-refractivity contribution < 1.29 is 0 Å². The molecule has 4 nitrogen and oxygen atoms in total. The predicted molar refractivity (Wildman–Crippen MR) is 60.1 cm³/mol. The monoisotopic (exact) mass is 214 g/mol. The SMILES string of the molecule is CN(Cc1nnc(N)s1)CC(C)(C)C. The first-order chi connectivity index (χ1) is 6.37. The van der Waals surface area contributed by atoms with E-state index < -0.39 is 0 Å². The maximum absolute atomic E-state index is 5.51. The Kier molecular flexibility index (Phi) is 3.44. The van der Waals surface area contributed by atoms with E-state index in [0.29, 0.717) is 10.5 Å². The molecule has 2 N–H and O–H groups in total. The molecule has 0 bridgehead atoms. The number of nitrogen functional groups attached to an aromatic ring is 1. The molecule has 80 valence electrons. The summed E-state index contributed by atoms with van der Waals surface area (Å²) >= 11 is 1.46. The first kappa shape index (κ1) is 11.4. The van der Waals surface area contributed by atoms with Gasteiger partial charge in [-0.25, -0.2) is 0 Å². The summed E-state index contributed by atoms with van der Waals surface area (Å²) in [5, 5.41) is 9.30. The van der Waals surface area contributed by atoms with E-state index in [4.69, 9.17) is 5.73 Å². The molecule has 0 amide bonds. The fourth-order valence-corrected chi connectivity index (χ4v) is 2.12. The summed E-state index contributed by atoms with van der Waals surface area (Å²) in [5.41, 5.74) is 5.82. The summed E-state index contributed by atoms with van der Waals surface area (Å²) in [4.78, 5) is 2.24. The van der Waals surface area contributed by atoms with Crippen molar-refractivity contribution in [1.82, 2.24) is 15.1 Å². The third kappa shape index (κ3) is 4.02. The second-order valence-electron chi connectivity index (χ2n) is 4.77. The normalized spacial score (nSPS) is 12.4. The van der Waals surface area contributed by atoms with Crippen LogP contribution in [0.15, 0.2) is 0 Å². The molecule has 1 aromatic rings. The Balaban J connectivity index is 2.45. The molecule has 0 fully saturated rings. The number of hydrogen-bond donors (Lipinski definition) is 1. The van der Waals surface area contributed by atoms with Gasteiger partial charge in [-0.05, 0) is 12.5 Å². The molecule has 0 aromatic carbocycles. The van der Waals surface area contributed by atoms with Crippen molar-refractivity contribution in [3.05, 3.63) is 5.01 Å². The third-order valence-corrected chi connectivity index (χ3v) is 2.37. The van der Waals surface area contributed by atoms with Gasteiger partial charge in [0.25, 0.3) is 0 Å². The Labute approximate surface area is 89.1 Å². The quantitative estimate of drug-likeness (QED) is 0.830. The van der Waals surface area contributed by atoms with Crippen molar-refractivity contribution in [1.29, 1.82) is 0 Å². The molecule has 0 atom stereocenters. The fraction of sp³-hybridized carbons (Fsp3) is 0.778. The lowest BCUT2D eigenvalue weighted by atomic mass is 9.96. The fourth-order valence-electron chi connectivity index (χ4n) is 1.43. The third-order valence-electron chi connectivity index (χ3n) is 1.63. The molecule has 14 heavy (non-hydrogen) atoms. The van der Waals surface area contributed by atoms with E-state index in [0.717, 1.165) is 18.1 Å². The minimum atomic E-state index is 0.310. The lowest BCUT2D eigenvalue weighted by Gasteiger charge is -2.25. The lowest BCUT2D eigenvalue weighted by molar-refractivity contribution is 0.220. The zero-order valence-corrected chi connectivity index (χ0v) is 10.1. The topological polar surface area (TPSA) is 55.0 Å². The lowest BCUT2D eigenvalue weighted by Crippen LogP contribution is -2.28. The number of nitrogens with two attached hydrogens (primary N) is 1. The maximum Gasteiger partial charge on any atom is 0.203 e. The smallest absolute Gasteiger partial charge is 0.203 e. The van der Waals surface area contributed by atoms with E-state index in [2.05, 4.69) is 42.9 Å². The van der Waals surface area contributed by atoms with Crippen molar-refractivity contribution >= 4 is 16.5 Å². The number of nitrogens with zero attached hydrogens (tertiary/aromatic N) is 3. The van der Waals surface area contributed by atoms with Gasteiger partial charge in [0.2, 0.25) is 5.13 Å². The van der Waals surface area contributed by atoms with Gasteiger partial charge in [-0.3, -0.25) is 4.90 Å². The molecule has 0 aliphatic rings. The van der Waals surface area contributed by atoms with Crippen LogP contribution in [0.2, 0.25) is 0 Å². The maximum atomic E-state index is 5.51. The van der Waals surface area contributed by atoms with Crippen LogP contribution in [0.5, 0.6) is 0 Å². The molecule has 5 heteroatoms. The van der Waals surface area contributed by atoms with Gasteiger partial charge in [0.1, 0.15) is 5.01 Å². The van der Waals surface area contributed by atoms with Gasteiger partial charge in [0, 0.05) is 6.54 Å². The molecule has 0 aliphatic heterocycles. The van der Waals surface area contributed by atoms with Gasteiger partial charge >= 0.3 is 0 Å². The molecular weight excluding hydrogens is 196 g/mol. The van der Waals surface area contributed by atoms with Gasteiger partial charge in [-0.15, -0.1) is 10.2 Å². The van der Waals surface area contributed by atoms with E-state index in [-0.39, 0.29) is 0 Å². The van der Waals surface area contributed by atoms with E-state index >= 15 is 0 Å². The van der Waals surface area contributed by atoms with Crippen LogP contribution in [0, 0.1) is 5.41 Å². The molecule has 1 heterocycles. The summed E-state index contributed by atoms with van der Waals surface area (Å²) in [5.74, 6) is 0. The van der Waals surface area contributed by atoms with Crippen LogP contribution >= 0.6 is 11.3 Å². The van der Waals surface area contributed by atoms with Crippen LogP contribution in [-0.2, 0) is 6.54 Å². The van der Waals surface area contributed by atoms with E-state index in [1.54, 1.807) is 0 Å². The van der Waals surface area contributed by atoms with Crippen LogP contribution in [0.1, 0.15) is 25.8 Å². The molecule has 0 aliphatic carbocycles. The highest BCUT2D eigenvalue weighted by molar-refractivity contribution is 7.15. The number of anilines is 1. The van der Waals surface area contributed by atoms with Crippen LogP contribution in [0.4, 0.5) is 5.13 Å². The number of rotatable bonds is 3. The molecule has 0 radical (unpaired) electrons. The molecule has 0 saturated carbocycles. The minimum absolute atomic E-state index is 0.310. The molecule has 1 aromatic heterocycles. The number of aromatic nitrogens is 2. The minimum Gasteiger partial charge on any atom is -0.374 e. The first-order valence-electron chi connectivity index (χ1n) is 4.63. The first-order valence-corrected chi connectivity index (χ1v) is 5.45. The second kappa shape index (κ2) is 4.23. The molecule has 1 rings (SSSR count). The van der Waals surface area contributed by atoms with E-state index in [1.807, 2.05) is 0 Å². The van der Waals surface area contributed by atoms with Crippen LogP contribution in [0.25, 0.3) is 0 Å². The Morgan fingerprint density at radius 1 is 1.36 bits per heavy atom. The van der Waals surface area contributed by atoms with Crippen molar-refractivity contribution in [2.24, 2.45) is 5.41 Å². The summed E-state index contributed by atoms with van der Waals surface area (Å²) < 4.78 is 0. The summed E-state index contributed by atoms with van der Waals surface area (Å²) in [6, 6.07) is 0. The average molecular weight is 214 g/mol. The van der Waals surface area contributed by atoms with Gasteiger partial charge in [0.05, 0.1) is 6.54 Å². The van der Waals surface area contributed by atoms with Gasteiger partial charge < -0.3 is 5.73 Å². The highest BCUT2D eigenvalue weighted by atomic mass is 32.1. The zero-order chi connectivity index (χ0) is 10.8. The average Bonchev–Trinajstić information content (AvgIpc) is 2.30. The van der Waals surface area contributed by atoms with Crippen molar-refractivity contribution in [3.8, 4) is 0 Å². The summed E-state index contributed by atoms with van der Waals surface area (Å²) in [6.07, 6.45) is 0. The Hall–Kier alpha value is -0.680. The molecular formula is C9H18N4S. The van der Waals surface area contributed by atoms with Crippen molar-refractivity contribution in [2.45, 2.75) is 27.3 Å². The predicted octanol–water partition coefficient (Wildman–Crippen LogP) is 1.60. The highest BCUT2D eigenvalue weighted by Crippen LogP contribution is 2.17. The van der Waals surface area contributed by atoms with Crippen LogP contribution in [0.3, 0.4) is 0 Å². The van der Waals surface area contributed by atoms with Crippen molar-refractivity contribution in [2.75, 3.05) is 19.3 Å². The molecule has 0 saturated heterocycles. The summed E-state index contributed by atoms with van der Waals surface area (Å²) in [6.45, 7) is 8.52. The Morgan fingerprint density at radius 2 is 2.00 bits per heavy atom. The number of hydrogen-bond acceptors (Lipinski definition) is 5. The van der Waals surface area contributed by atoms with Gasteiger partial charge in [-0.1, -0.05) is 32.1 Å². The Morgan fingerprint density at radius 3 is 2.43 bits per heavy atom. The van der Waals surface area contributed by atoms with Crippen LogP contribution < -0.4 is 5.73 Å². The van der Waals surface area contributed by atoms with E-state index in [9.17, 15) is 0 Å².